The number of rotatable bonds is 4. The van der Waals surface area contributed by atoms with Crippen LogP contribution in [0.3, 0.4) is 0 Å². The average molecular weight is 297 g/mol. The highest BCUT2D eigenvalue weighted by atomic mass is 19.4. The number of nitrogens with zero attached hydrogens (tertiary/aromatic N) is 1. The van der Waals surface area contributed by atoms with Crippen molar-refractivity contribution in [1.82, 2.24) is 4.57 Å². The van der Waals surface area contributed by atoms with E-state index in [1.54, 1.807) is 24.3 Å². The molecule has 0 bridgehead atoms. The lowest BCUT2D eigenvalue weighted by Gasteiger charge is -2.13. The first-order chi connectivity index (χ1) is 9.90. The minimum atomic E-state index is -4.39. The summed E-state index contributed by atoms with van der Waals surface area (Å²) in [5.41, 5.74) is 6.70. The molecule has 0 atom stereocenters. The molecule has 0 spiro atoms. The van der Waals surface area contributed by atoms with E-state index >= 15 is 0 Å². The Kier molecular flexibility index (Phi) is 4.32. The number of alkyl halides is 3. The Hall–Kier alpha value is -2.28. The number of carbonyl (C=O) groups is 1. The van der Waals surface area contributed by atoms with Crippen molar-refractivity contribution in [2.75, 3.05) is 5.32 Å². The van der Waals surface area contributed by atoms with Crippen LogP contribution in [-0.4, -0.2) is 16.7 Å². The van der Waals surface area contributed by atoms with E-state index in [1.807, 2.05) is 0 Å². The van der Waals surface area contributed by atoms with E-state index in [-0.39, 0.29) is 12.2 Å². The predicted molar refractivity (Wildman–Crippen MR) is 72.8 cm³/mol. The standard InChI is InChI=1S/C14H14F3N3O/c15-14(16,17)9-20-7-3-6-12(20)13(21)19-11-5-2-1-4-10(11)8-18/h1-7H,8-9,18H2,(H,19,21). The van der Waals surface area contributed by atoms with E-state index in [1.165, 1.54) is 18.3 Å². The second-order valence-corrected chi connectivity index (χ2v) is 4.45. The van der Waals surface area contributed by atoms with E-state index in [0.29, 0.717) is 11.3 Å². The van der Waals surface area contributed by atoms with Crippen LogP contribution in [0.5, 0.6) is 0 Å². The molecule has 0 aliphatic heterocycles. The molecule has 0 radical (unpaired) electrons. The first kappa shape index (κ1) is 15.1. The van der Waals surface area contributed by atoms with Gasteiger partial charge in [0.05, 0.1) is 0 Å². The van der Waals surface area contributed by atoms with Crippen LogP contribution < -0.4 is 11.1 Å². The number of benzene rings is 1. The number of hydrogen-bond acceptors (Lipinski definition) is 2. The summed E-state index contributed by atoms with van der Waals surface area (Å²) >= 11 is 0. The molecule has 3 N–H and O–H groups in total. The van der Waals surface area contributed by atoms with Crippen molar-refractivity contribution in [2.45, 2.75) is 19.3 Å². The van der Waals surface area contributed by atoms with Crippen LogP contribution in [0.25, 0.3) is 0 Å². The van der Waals surface area contributed by atoms with Crippen molar-refractivity contribution >= 4 is 11.6 Å². The maximum Gasteiger partial charge on any atom is 0.406 e. The van der Waals surface area contributed by atoms with E-state index in [4.69, 9.17) is 5.73 Å². The maximum absolute atomic E-state index is 12.4. The second kappa shape index (κ2) is 6.01. The number of amides is 1. The van der Waals surface area contributed by atoms with Crippen molar-refractivity contribution in [3.63, 3.8) is 0 Å². The summed E-state index contributed by atoms with van der Waals surface area (Å²) in [5, 5.41) is 2.58. The Bertz CT molecular complexity index is 634. The van der Waals surface area contributed by atoms with Crippen LogP contribution in [0.2, 0.25) is 0 Å². The van der Waals surface area contributed by atoms with Gasteiger partial charge in [-0.05, 0) is 23.8 Å². The van der Waals surface area contributed by atoms with Gasteiger partial charge in [0.25, 0.3) is 5.91 Å². The molecular formula is C14H14F3N3O. The third-order valence-electron chi connectivity index (χ3n) is 2.90. The van der Waals surface area contributed by atoms with Crippen LogP contribution in [0.1, 0.15) is 16.1 Å². The number of nitrogens with one attached hydrogen (secondary N) is 1. The molecule has 21 heavy (non-hydrogen) atoms. The summed E-state index contributed by atoms with van der Waals surface area (Å²) in [6.07, 6.45) is -3.17. The van der Waals surface area contributed by atoms with Gasteiger partial charge in [-0.3, -0.25) is 4.79 Å². The number of hydrogen-bond donors (Lipinski definition) is 2. The molecule has 0 fully saturated rings. The quantitative estimate of drug-likeness (QED) is 0.911. The Balaban J connectivity index is 2.20. The van der Waals surface area contributed by atoms with E-state index in [2.05, 4.69) is 5.32 Å². The summed E-state index contributed by atoms with van der Waals surface area (Å²) in [7, 11) is 0. The third kappa shape index (κ3) is 3.85. The van der Waals surface area contributed by atoms with Gasteiger partial charge in [0.15, 0.2) is 0 Å². The molecule has 0 saturated carbocycles. The molecule has 2 rings (SSSR count). The van der Waals surface area contributed by atoms with Crippen LogP contribution in [0, 0.1) is 0 Å². The zero-order valence-corrected chi connectivity index (χ0v) is 11.0. The van der Waals surface area contributed by atoms with Crippen molar-refractivity contribution in [3.8, 4) is 0 Å². The molecule has 112 valence electrons. The number of anilines is 1. The van der Waals surface area contributed by atoms with Crippen LogP contribution in [0.15, 0.2) is 42.6 Å². The number of nitrogens with two attached hydrogens (primary N) is 1. The number of carbonyl (C=O) groups excluding carboxylic acids is 1. The lowest BCUT2D eigenvalue weighted by Crippen LogP contribution is -2.23. The summed E-state index contributed by atoms with van der Waals surface area (Å²) in [5.74, 6) is -0.606. The van der Waals surface area contributed by atoms with Gasteiger partial charge in [-0.25, -0.2) is 0 Å². The van der Waals surface area contributed by atoms with Gasteiger partial charge in [-0.2, -0.15) is 13.2 Å². The molecule has 0 aliphatic carbocycles. The number of halogens is 3. The maximum atomic E-state index is 12.4. The van der Waals surface area contributed by atoms with Gasteiger partial charge in [0, 0.05) is 18.4 Å². The molecule has 1 aromatic heterocycles. The minimum absolute atomic E-state index is 0.0563. The molecule has 1 aromatic carbocycles. The van der Waals surface area contributed by atoms with Crippen molar-refractivity contribution in [1.29, 1.82) is 0 Å². The highest BCUT2D eigenvalue weighted by molar-refractivity contribution is 6.03. The summed E-state index contributed by atoms with van der Waals surface area (Å²) in [4.78, 5) is 12.1. The normalized spacial score (nSPS) is 11.4. The van der Waals surface area contributed by atoms with Crippen molar-refractivity contribution in [3.05, 3.63) is 53.9 Å². The zero-order chi connectivity index (χ0) is 15.5. The van der Waals surface area contributed by atoms with Gasteiger partial charge in [-0.1, -0.05) is 18.2 Å². The number of para-hydroxylation sites is 1. The molecule has 2 aromatic rings. The topological polar surface area (TPSA) is 60.0 Å². The molecule has 1 heterocycles. The molecule has 0 saturated heterocycles. The molecule has 0 unspecified atom stereocenters. The van der Waals surface area contributed by atoms with Crippen LogP contribution in [-0.2, 0) is 13.1 Å². The summed E-state index contributed by atoms with van der Waals surface area (Å²) in [6.45, 7) is -0.985. The van der Waals surface area contributed by atoms with E-state index in [0.717, 1.165) is 4.57 Å². The Morgan fingerprint density at radius 3 is 2.57 bits per heavy atom. The lowest BCUT2D eigenvalue weighted by molar-refractivity contribution is -0.140. The highest BCUT2D eigenvalue weighted by Gasteiger charge is 2.29. The monoisotopic (exact) mass is 297 g/mol. The minimum Gasteiger partial charge on any atom is -0.334 e. The molecular weight excluding hydrogens is 283 g/mol. The molecule has 4 nitrogen and oxygen atoms in total. The third-order valence-corrected chi connectivity index (χ3v) is 2.90. The van der Waals surface area contributed by atoms with Gasteiger partial charge < -0.3 is 15.6 Å². The smallest absolute Gasteiger partial charge is 0.334 e. The van der Waals surface area contributed by atoms with Crippen LogP contribution >= 0.6 is 0 Å². The summed E-state index contributed by atoms with van der Waals surface area (Å²) in [6, 6.07) is 9.61. The predicted octanol–water partition coefficient (Wildman–Crippen LogP) is 2.76. The summed E-state index contributed by atoms with van der Waals surface area (Å²) < 4.78 is 38.2. The van der Waals surface area contributed by atoms with Gasteiger partial charge in [0.2, 0.25) is 0 Å². The fraction of sp³-hybridized carbons (Fsp3) is 0.214. The van der Waals surface area contributed by atoms with E-state index < -0.39 is 18.6 Å². The Morgan fingerprint density at radius 2 is 1.90 bits per heavy atom. The first-order valence-electron chi connectivity index (χ1n) is 6.22. The SMILES string of the molecule is NCc1ccccc1NC(=O)c1cccn1CC(F)(F)F. The second-order valence-electron chi connectivity index (χ2n) is 4.45. The largest absolute Gasteiger partial charge is 0.406 e. The molecule has 0 aliphatic rings. The van der Waals surface area contributed by atoms with E-state index in [9.17, 15) is 18.0 Å². The Morgan fingerprint density at radius 1 is 1.19 bits per heavy atom. The number of aromatic nitrogens is 1. The average Bonchev–Trinajstić information content (AvgIpc) is 2.85. The first-order valence-corrected chi connectivity index (χ1v) is 6.22. The van der Waals surface area contributed by atoms with Gasteiger partial charge >= 0.3 is 6.18 Å². The van der Waals surface area contributed by atoms with Crippen molar-refractivity contribution in [2.24, 2.45) is 5.73 Å². The highest BCUT2D eigenvalue weighted by Crippen LogP contribution is 2.20. The fourth-order valence-corrected chi connectivity index (χ4v) is 1.96. The van der Waals surface area contributed by atoms with Crippen LogP contribution in [0.4, 0.5) is 18.9 Å². The fourth-order valence-electron chi connectivity index (χ4n) is 1.96. The van der Waals surface area contributed by atoms with Crippen molar-refractivity contribution < 1.29 is 18.0 Å². The van der Waals surface area contributed by atoms with Gasteiger partial charge in [-0.15, -0.1) is 0 Å². The molecule has 1 amide bonds. The Labute approximate surface area is 119 Å². The molecule has 7 heteroatoms. The lowest BCUT2D eigenvalue weighted by atomic mass is 10.2. The van der Waals surface area contributed by atoms with Gasteiger partial charge in [0.1, 0.15) is 12.2 Å². The zero-order valence-electron chi connectivity index (χ0n) is 11.0.